The van der Waals surface area contributed by atoms with Crippen molar-refractivity contribution >= 4 is 23.2 Å². The molecule has 1 aliphatic rings. The average molecular weight is 334 g/mol. The molecule has 1 saturated carbocycles. The molecule has 0 aliphatic heterocycles. The number of aliphatic carboxylic acids is 1. The Kier molecular flexibility index (Phi) is 3.97. The Morgan fingerprint density at radius 1 is 1.30 bits per heavy atom. The molecule has 7 heteroatoms. The Morgan fingerprint density at radius 2 is 2.00 bits per heavy atom. The summed E-state index contributed by atoms with van der Waals surface area (Å²) in [5.74, 6) is 0.0457. The van der Waals surface area contributed by atoms with Crippen molar-refractivity contribution in [3.05, 3.63) is 28.5 Å². The quantitative estimate of drug-likeness (QED) is 0.896. The highest BCUT2D eigenvalue weighted by molar-refractivity contribution is 7.17. The molecule has 2 aromatic heterocycles. The van der Waals surface area contributed by atoms with Crippen LogP contribution in [0.2, 0.25) is 0 Å². The highest BCUT2D eigenvalue weighted by Crippen LogP contribution is 2.33. The van der Waals surface area contributed by atoms with Gasteiger partial charge in [-0.25, -0.2) is 9.78 Å². The fraction of sp³-hybridized carbons (Fsp3) is 0.438. The van der Waals surface area contributed by atoms with E-state index in [-0.39, 0.29) is 5.91 Å². The van der Waals surface area contributed by atoms with E-state index >= 15 is 0 Å². The second kappa shape index (κ2) is 5.81. The fourth-order valence-corrected chi connectivity index (χ4v) is 3.83. The first-order chi connectivity index (χ1) is 10.9. The van der Waals surface area contributed by atoms with Crippen molar-refractivity contribution in [1.82, 2.24) is 10.3 Å². The van der Waals surface area contributed by atoms with Crippen molar-refractivity contribution in [1.29, 1.82) is 0 Å². The zero-order valence-electron chi connectivity index (χ0n) is 13.0. The molecule has 0 unspecified atom stereocenters. The van der Waals surface area contributed by atoms with E-state index in [1.165, 1.54) is 11.3 Å². The minimum Gasteiger partial charge on any atom is -0.480 e. The minimum atomic E-state index is -1.14. The molecular formula is C16H18N2O4S. The van der Waals surface area contributed by atoms with E-state index < -0.39 is 11.5 Å². The lowest BCUT2D eigenvalue weighted by molar-refractivity contribution is -0.144. The van der Waals surface area contributed by atoms with Crippen LogP contribution in [0.5, 0.6) is 0 Å². The number of thiazole rings is 1. The lowest BCUT2D eigenvalue weighted by atomic mass is 9.98. The second-order valence-electron chi connectivity index (χ2n) is 5.89. The van der Waals surface area contributed by atoms with Crippen LogP contribution in [0.15, 0.2) is 16.5 Å². The zero-order valence-corrected chi connectivity index (χ0v) is 13.8. The molecule has 0 radical (unpaired) electrons. The van der Waals surface area contributed by atoms with Gasteiger partial charge >= 0.3 is 5.97 Å². The van der Waals surface area contributed by atoms with Gasteiger partial charge in [-0.15, -0.1) is 11.3 Å². The third-order valence-corrected chi connectivity index (χ3v) is 5.34. The van der Waals surface area contributed by atoms with Crippen LogP contribution in [0.4, 0.5) is 0 Å². The van der Waals surface area contributed by atoms with Gasteiger partial charge in [0.25, 0.3) is 5.91 Å². The lowest BCUT2D eigenvalue weighted by Gasteiger charge is -2.24. The Morgan fingerprint density at radius 3 is 2.57 bits per heavy atom. The van der Waals surface area contributed by atoms with Crippen LogP contribution < -0.4 is 5.32 Å². The predicted octanol–water partition coefficient (Wildman–Crippen LogP) is 3.15. The molecule has 2 N–H and O–H groups in total. The maximum atomic E-state index is 12.5. The van der Waals surface area contributed by atoms with E-state index in [0.29, 0.717) is 34.2 Å². The van der Waals surface area contributed by atoms with Crippen LogP contribution in [-0.2, 0) is 4.79 Å². The molecule has 0 saturated heterocycles. The molecule has 6 nitrogen and oxygen atoms in total. The van der Waals surface area contributed by atoms with Crippen molar-refractivity contribution in [2.75, 3.05) is 0 Å². The van der Waals surface area contributed by atoms with Crippen molar-refractivity contribution in [3.63, 3.8) is 0 Å². The Labute approximate surface area is 137 Å². The largest absolute Gasteiger partial charge is 0.480 e. The van der Waals surface area contributed by atoms with Crippen LogP contribution in [0.1, 0.15) is 46.8 Å². The van der Waals surface area contributed by atoms with Crippen molar-refractivity contribution in [2.24, 2.45) is 0 Å². The molecule has 122 valence electrons. The molecule has 0 spiro atoms. The summed E-state index contributed by atoms with van der Waals surface area (Å²) in [5.41, 5.74) is -0.565. The minimum absolute atomic E-state index is 0.376. The number of amides is 1. The summed E-state index contributed by atoms with van der Waals surface area (Å²) in [6, 6.07) is 3.65. The van der Waals surface area contributed by atoms with E-state index in [1.54, 1.807) is 6.92 Å². The summed E-state index contributed by atoms with van der Waals surface area (Å²) in [5, 5.41) is 12.8. The molecule has 1 amide bonds. The van der Waals surface area contributed by atoms with Gasteiger partial charge in [-0.2, -0.15) is 0 Å². The Hall–Kier alpha value is -2.15. The number of aromatic nitrogens is 1. The van der Waals surface area contributed by atoms with Gasteiger partial charge in [-0.3, -0.25) is 4.79 Å². The third-order valence-electron chi connectivity index (χ3n) is 4.17. The molecule has 0 atom stereocenters. The first-order valence-electron chi connectivity index (χ1n) is 7.51. The second-order valence-corrected chi connectivity index (χ2v) is 6.89. The Balaban J connectivity index is 1.85. The topological polar surface area (TPSA) is 92.4 Å². The van der Waals surface area contributed by atoms with E-state index in [4.69, 9.17) is 4.42 Å². The molecule has 23 heavy (non-hydrogen) atoms. The van der Waals surface area contributed by atoms with Crippen LogP contribution >= 0.6 is 11.3 Å². The van der Waals surface area contributed by atoms with Gasteiger partial charge in [-0.1, -0.05) is 12.8 Å². The smallest absolute Gasteiger partial charge is 0.329 e. The van der Waals surface area contributed by atoms with Gasteiger partial charge < -0.3 is 14.8 Å². The summed E-state index contributed by atoms with van der Waals surface area (Å²) < 4.78 is 5.53. The average Bonchev–Trinajstić information content (AvgIpc) is 3.19. The number of carbonyl (C=O) groups is 2. The van der Waals surface area contributed by atoms with Crippen LogP contribution in [0, 0.1) is 13.8 Å². The van der Waals surface area contributed by atoms with Gasteiger partial charge in [0.1, 0.15) is 16.2 Å². The number of aryl methyl sites for hydroxylation is 2. The van der Waals surface area contributed by atoms with Crippen molar-refractivity contribution < 1.29 is 19.1 Å². The highest BCUT2D eigenvalue weighted by atomic mass is 32.1. The lowest BCUT2D eigenvalue weighted by Crippen LogP contribution is -2.52. The highest BCUT2D eigenvalue weighted by Gasteiger charge is 2.43. The first-order valence-corrected chi connectivity index (χ1v) is 8.33. The maximum Gasteiger partial charge on any atom is 0.329 e. The van der Waals surface area contributed by atoms with Crippen LogP contribution in [-0.4, -0.2) is 27.5 Å². The molecular weight excluding hydrogens is 316 g/mol. The van der Waals surface area contributed by atoms with E-state index in [2.05, 4.69) is 10.3 Å². The third kappa shape index (κ3) is 2.88. The predicted molar refractivity (Wildman–Crippen MR) is 85.6 cm³/mol. The summed E-state index contributed by atoms with van der Waals surface area (Å²) in [7, 11) is 0. The summed E-state index contributed by atoms with van der Waals surface area (Å²) in [6.45, 7) is 3.58. The molecule has 0 bridgehead atoms. The normalized spacial score (nSPS) is 16.4. The molecule has 1 aliphatic carbocycles. The van der Waals surface area contributed by atoms with Gasteiger partial charge in [0.15, 0.2) is 10.8 Å². The number of nitrogens with one attached hydrogen (secondary N) is 1. The van der Waals surface area contributed by atoms with Crippen molar-refractivity contribution in [2.45, 2.75) is 45.1 Å². The molecule has 2 heterocycles. The fourth-order valence-electron chi connectivity index (χ4n) is 2.91. The van der Waals surface area contributed by atoms with Crippen LogP contribution in [0.25, 0.3) is 10.8 Å². The van der Waals surface area contributed by atoms with Gasteiger partial charge in [-0.05, 0) is 38.8 Å². The standard InChI is InChI=1S/C16H18N2O4S/c1-9-5-6-11(22-9)14-17-10(2)12(23-14)13(19)18-16(15(20)21)7-3-4-8-16/h5-6H,3-4,7-8H2,1-2H3,(H,18,19)(H,20,21). The summed E-state index contributed by atoms with van der Waals surface area (Å²) >= 11 is 1.22. The molecule has 3 rings (SSSR count). The molecule has 1 fully saturated rings. The van der Waals surface area contributed by atoms with Crippen molar-refractivity contribution in [3.8, 4) is 10.8 Å². The van der Waals surface area contributed by atoms with E-state index in [0.717, 1.165) is 18.6 Å². The number of rotatable bonds is 4. The maximum absolute atomic E-state index is 12.5. The number of carboxylic acid groups (broad SMARTS) is 1. The number of carboxylic acids is 1. The van der Waals surface area contributed by atoms with Gasteiger partial charge in [0.05, 0.1) is 5.69 Å². The number of hydrogen-bond acceptors (Lipinski definition) is 5. The molecule has 0 aromatic carbocycles. The summed E-state index contributed by atoms with van der Waals surface area (Å²) in [6.07, 6.45) is 2.56. The summed E-state index contributed by atoms with van der Waals surface area (Å²) in [4.78, 5) is 28.9. The number of nitrogens with zero attached hydrogens (tertiary/aromatic N) is 1. The first kappa shape index (κ1) is 15.7. The SMILES string of the molecule is Cc1ccc(-c2nc(C)c(C(=O)NC3(C(=O)O)CCCC3)s2)o1. The van der Waals surface area contributed by atoms with Gasteiger partial charge in [0.2, 0.25) is 0 Å². The van der Waals surface area contributed by atoms with E-state index in [9.17, 15) is 14.7 Å². The van der Waals surface area contributed by atoms with Crippen LogP contribution in [0.3, 0.4) is 0 Å². The monoisotopic (exact) mass is 334 g/mol. The number of carbonyl (C=O) groups excluding carboxylic acids is 1. The number of hydrogen-bond donors (Lipinski definition) is 2. The molecule has 2 aromatic rings. The Bertz CT molecular complexity index is 756. The zero-order chi connectivity index (χ0) is 16.6. The van der Waals surface area contributed by atoms with Gasteiger partial charge in [0, 0.05) is 0 Å². The van der Waals surface area contributed by atoms with E-state index in [1.807, 2.05) is 19.1 Å². The number of furan rings is 1.